The molecule has 1 heterocycles. The molecule has 3 heteroatoms. The van der Waals surface area contributed by atoms with Crippen molar-refractivity contribution in [3.05, 3.63) is 21.9 Å². The molecule has 0 radical (unpaired) electrons. The van der Waals surface area contributed by atoms with E-state index in [0.29, 0.717) is 0 Å². The fraction of sp³-hybridized carbons (Fsp3) is 0.545. The molecule has 0 fully saturated rings. The highest BCUT2D eigenvalue weighted by atomic mass is 32.1. The van der Waals surface area contributed by atoms with E-state index in [1.807, 2.05) is 12.1 Å². The number of carbonyl (C=O) groups is 1. The van der Waals surface area contributed by atoms with Gasteiger partial charge in [-0.25, -0.2) is 0 Å². The van der Waals surface area contributed by atoms with E-state index in [9.17, 15) is 4.79 Å². The third kappa shape index (κ3) is 2.35. The van der Waals surface area contributed by atoms with Crippen LogP contribution in [0.1, 0.15) is 35.3 Å². The van der Waals surface area contributed by atoms with Gasteiger partial charge < -0.3 is 4.90 Å². The lowest BCUT2D eigenvalue weighted by Crippen LogP contribution is -2.20. The molecule has 0 saturated carbocycles. The second-order valence-corrected chi connectivity index (χ2v) is 5.70. The molecule has 0 aliphatic rings. The molecule has 0 atom stereocenters. The van der Waals surface area contributed by atoms with Crippen molar-refractivity contribution in [2.45, 2.75) is 26.2 Å². The fourth-order valence-electron chi connectivity index (χ4n) is 1.08. The Morgan fingerprint density at radius 2 is 1.86 bits per heavy atom. The summed E-state index contributed by atoms with van der Waals surface area (Å²) in [5.41, 5.74) is 0.134. The summed E-state index contributed by atoms with van der Waals surface area (Å²) in [6.45, 7) is 6.47. The maximum absolute atomic E-state index is 11.6. The summed E-state index contributed by atoms with van der Waals surface area (Å²) in [4.78, 5) is 15.3. The Morgan fingerprint density at radius 3 is 2.21 bits per heavy atom. The van der Waals surface area contributed by atoms with E-state index in [2.05, 4.69) is 20.8 Å². The zero-order valence-corrected chi connectivity index (χ0v) is 10.2. The van der Waals surface area contributed by atoms with E-state index in [-0.39, 0.29) is 11.3 Å². The molecule has 0 saturated heterocycles. The summed E-state index contributed by atoms with van der Waals surface area (Å²) in [6.07, 6.45) is 0. The molecule has 0 aliphatic carbocycles. The molecule has 14 heavy (non-hydrogen) atoms. The first-order valence-corrected chi connectivity index (χ1v) is 5.46. The maximum atomic E-state index is 11.6. The van der Waals surface area contributed by atoms with Gasteiger partial charge in [-0.1, -0.05) is 20.8 Å². The molecule has 78 valence electrons. The van der Waals surface area contributed by atoms with E-state index >= 15 is 0 Å². The van der Waals surface area contributed by atoms with E-state index in [1.165, 1.54) is 4.88 Å². The molecule has 0 spiro atoms. The summed E-state index contributed by atoms with van der Waals surface area (Å²) in [5, 5.41) is 0. The Kier molecular flexibility index (Phi) is 3.00. The van der Waals surface area contributed by atoms with Crippen LogP contribution in [-0.2, 0) is 5.41 Å². The van der Waals surface area contributed by atoms with Crippen LogP contribution in [0.3, 0.4) is 0 Å². The van der Waals surface area contributed by atoms with Crippen LogP contribution in [0.4, 0.5) is 0 Å². The average molecular weight is 211 g/mol. The number of carbonyl (C=O) groups excluding carboxylic acids is 1. The number of hydrogen-bond acceptors (Lipinski definition) is 2. The number of amides is 1. The number of nitrogens with zero attached hydrogens (tertiary/aromatic N) is 1. The highest BCUT2D eigenvalue weighted by Crippen LogP contribution is 2.29. The normalized spacial score (nSPS) is 11.5. The Hall–Kier alpha value is -0.830. The van der Waals surface area contributed by atoms with Crippen molar-refractivity contribution in [1.29, 1.82) is 0 Å². The maximum Gasteiger partial charge on any atom is 0.263 e. The predicted octanol–water partition coefficient (Wildman–Crippen LogP) is 2.75. The number of hydrogen-bond donors (Lipinski definition) is 0. The van der Waals surface area contributed by atoms with E-state index in [0.717, 1.165) is 4.88 Å². The van der Waals surface area contributed by atoms with Gasteiger partial charge in [0, 0.05) is 19.0 Å². The molecule has 1 amide bonds. The summed E-state index contributed by atoms with van der Waals surface area (Å²) >= 11 is 1.59. The Labute approximate surface area is 89.5 Å². The van der Waals surface area contributed by atoms with Gasteiger partial charge in [0.25, 0.3) is 5.91 Å². The van der Waals surface area contributed by atoms with Crippen LogP contribution in [0, 0.1) is 0 Å². The van der Waals surface area contributed by atoms with Gasteiger partial charge in [-0.05, 0) is 17.5 Å². The average Bonchev–Trinajstić information content (AvgIpc) is 2.49. The summed E-state index contributed by atoms with van der Waals surface area (Å²) in [7, 11) is 3.55. The molecule has 0 aliphatic heterocycles. The monoisotopic (exact) mass is 211 g/mol. The topological polar surface area (TPSA) is 20.3 Å². The lowest BCUT2D eigenvalue weighted by atomic mass is 9.95. The zero-order valence-electron chi connectivity index (χ0n) is 9.42. The molecule has 0 aromatic carbocycles. The van der Waals surface area contributed by atoms with Crippen LogP contribution in [-0.4, -0.2) is 24.9 Å². The molecule has 1 aromatic rings. The third-order valence-electron chi connectivity index (χ3n) is 1.96. The number of thiophene rings is 1. The summed E-state index contributed by atoms with van der Waals surface area (Å²) in [6, 6.07) is 3.95. The highest BCUT2D eigenvalue weighted by molar-refractivity contribution is 7.14. The molecule has 1 aromatic heterocycles. The van der Waals surface area contributed by atoms with Gasteiger partial charge in [0.05, 0.1) is 4.88 Å². The minimum Gasteiger partial charge on any atom is -0.344 e. The Morgan fingerprint density at radius 1 is 1.29 bits per heavy atom. The van der Waals surface area contributed by atoms with E-state index < -0.39 is 0 Å². The third-order valence-corrected chi connectivity index (χ3v) is 3.46. The molecule has 0 bridgehead atoms. The quantitative estimate of drug-likeness (QED) is 0.699. The SMILES string of the molecule is CN(C)C(=O)c1ccc(C(C)(C)C)s1. The van der Waals surface area contributed by atoms with Crippen molar-refractivity contribution < 1.29 is 4.79 Å². The molecule has 0 unspecified atom stereocenters. The molecular weight excluding hydrogens is 194 g/mol. The smallest absolute Gasteiger partial charge is 0.263 e. The molecule has 2 nitrogen and oxygen atoms in total. The van der Waals surface area contributed by atoms with Crippen molar-refractivity contribution >= 4 is 17.2 Å². The first kappa shape index (κ1) is 11.2. The van der Waals surface area contributed by atoms with Crippen molar-refractivity contribution in [2.24, 2.45) is 0 Å². The van der Waals surface area contributed by atoms with Crippen molar-refractivity contribution in [3.63, 3.8) is 0 Å². The summed E-state index contributed by atoms with van der Waals surface area (Å²) in [5.74, 6) is 0.0884. The Balaban J connectivity index is 2.95. The molecule has 1 rings (SSSR count). The van der Waals surface area contributed by atoms with Gasteiger partial charge in [0.2, 0.25) is 0 Å². The minimum absolute atomic E-state index is 0.0884. The van der Waals surface area contributed by atoms with Crippen molar-refractivity contribution in [3.8, 4) is 0 Å². The van der Waals surface area contributed by atoms with Gasteiger partial charge in [0.15, 0.2) is 0 Å². The summed E-state index contributed by atoms with van der Waals surface area (Å²) < 4.78 is 0. The van der Waals surface area contributed by atoms with E-state index in [1.54, 1.807) is 30.3 Å². The van der Waals surface area contributed by atoms with E-state index in [4.69, 9.17) is 0 Å². The highest BCUT2D eigenvalue weighted by Gasteiger charge is 2.18. The van der Waals surface area contributed by atoms with Crippen LogP contribution < -0.4 is 0 Å². The van der Waals surface area contributed by atoms with Crippen LogP contribution in [0.25, 0.3) is 0 Å². The Bertz CT molecular complexity index is 333. The lowest BCUT2D eigenvalue weighted by molar-refractivity contribution is 0.0832. The molecular formula is C11H17NOS. The number of rotatable bonds is 1. The van der Waals surface area contributed by atoms with Crippen LogP contribution in [0.15, 0.2) is 12.1 Å². The molecule has 0 N–H and O–H groups in total. The van der Waals surface area contributed by atoms with Crippen molar-refractivity contribution in [2.75, 3.05) is 14.1 Å². The zero-order chi connectivity index (χ0) is 10.9. The van der Waals surface area contributed by atoms with Crippen LogP contribution in [0.2, 0.25) is 0 Å². The second kappa shape index (κ2) is 3.73. The van der Waals surface area contributed by atoms with Crippen molar-refractivity contribution in [1.82, 2.24) is 4.90 Å². The van der Waals surface area contributed by atoms with Gasteiger partial charge in [-0.2, -0.15) is 0 Å². The standard InChI is InChI=1S/C11H17NOS/c1-11(2,3)9-7-6-8(14-9)10(13)12(4)5/h6-7H,1-5H3. The first-order chi connectivity index (χ1) is 6.32. The first-order valence-electron chi connectivity index (χ1n) is 4.64. The minimum atomic E-state index is 0.0884. The van der Waals surface area contributed by atoms with Gasteiger partial charge in [-0.15, -0.1) is 11.3 Å². The van der Waals surface area contributed by atoms with Gasteiger partial charge in [0.1, 0.15) is 0 Å². The second-order valence-electron chi connectivity index (χ2n) is 4.61. The lowest BCUT2D eigenvalue weighted by Gasteiger charge is -2.15. The van der Waals surface area contributed by atoms with Gasteiger partial charge in [-0.3, -0.25) is 4.79 Å². The largest absolute Gasteiger partial charge is 0.344 e. The fourth-order valence-corrected chi connectivity index (χ4v) is 2.16. The van der Waals surface area contributed by atoms with Gasteiger partial charge >= 0.3 is 0 Å². The van der Waals surface area contributed by atoms with Crippen LogP contribution >= 0.6 is 11.3 Å². The predicted molar refractivity (Wildman–Crippen MR) is 61.0 cm³/mol. The van der Waals surface area contributed by atoms with Crippen LogP contribution in [0.5, 0.6) is 0 Å².